The van der Waals surface area contributed by atoms with Gasteiger partial charge in [-0.3, -0.25) is 19.7 Å². The second-order valence-corrected chi connectivity index (χ2v) is 4.53. The van der Waals surface area contributed by atoms with E-state index in [4.69, 9.17) is 0 Å². The van der Waals surface area contributed by atoms with E-state index in [1.54, 1.807) is 7.05 Å². The molecule has 0 spiro atoms. The number of benzene rings is 1. The van der Waals surface area contributed by atoms with Crippen molar-refractivity contribution >= 4 is 17.5 Å². The minimum atomic E-state index is -0.749. The zero-order chi connectivity index (χ0) is 14.9. The van der Waals surface area contributed by atoms with Crippen molar-refractivity contribution in [1.29, 1.82) is 0 Å². The largest absolute Gasteiger partial charge is 0.508 e. The van der Waals surface area contributed by atoms with Crippen LogP contribution in [0.1, 0.15) is 16.8 Å². The lowest BCUT2D eigenvalue weighted by molar-refractivity contribution is -0.385. The number of likely N-dealkylation sites (N-methyl/N-ethyl adjacent to an activating group) is 1. The fourth-order valence-corrected chi connectivity index (χ4v) is 2.06. The zero-order valence-corrected chi connectivity index (χ0v) is 10.7. The van der Waals surface area contributed by atoms with Gasteiger partial charge in [0.15, 0.2) is 0 Å². The van der Waals surface area contributed by atoms with Crippen LogP contribution in [0.3, 0.4) is 0 Å². The Hall–Kier alpha value is -2.64. The van der Waals surface area contributed by atoms with Gasteiger partial charge in [0, 0.05) is 19.7 Å². The summed E-state index contributed by atoms with van der Waals surface area (Å²) < 4.78 is 0. The molecule has 0 bridgehead atoms. The number of carbonyl (C=O) groups is 2. The molecule has 2 N–H and O–H groups in total. The Morgan fingerprint density at radius 1 is 1.55 bits per heavy atom. The number of phenols is 1. The van der Waals surface area contributed by atoms with Gasteiger partial charge in [-0.15, -0.1) is 0 Å². The molecule has 1 fully saturated rings. The molecule has 1 atom stereocenters. The predicted octanol–water partition coefficient (Wildman–Crippen LogP) is 0.261. The van der Waals surface area contributed by atoms with Gasteiger partial charge in [0.05, 0.1) is 4.92 Å². The van der Waals surface area contributed by atoms with Gasteiger partial charge in [-0.1, -0.05) is 0 Å². The second kappa shape index (κ2) is 5.16. The molecule has 1 aliphatic rings. The Morgan fingerprint density at radius 3 is 2.80 bits per heavy atom. The number of likely N-dealkylation sites (tertiary alicyclic amines) is 1. The van der Waals surface area contributed by atoms with E-state index >= 15 is 0 Å². The van der Waals surface area contributed by atoms with Crippen LogP contribution in [0.4, 0.5) is 5.69 Å². The maximum atomic E-state index is 12.0. The van der Waals surface area contributed by atoms with Gasteiger partial charge in [-0.05, 0) is 18.6 Å². The third kappa shape index (κ3) is 2.53. The average Bonchev–Trinajstić information content (AvgIpc) is 2.70. The summed E-state index contributed by atoms with van der Waals surface area (Å²) in [4.78, 5) is 35.3. The van der Waals surface area contributed by atoms with Crippen LogP contribution < -0.4 is 5.32 Å². The first-order valence-electron chi connectivity index (χ1n) is 5.93. The molecule has 1 unspecified atom stereocenters. The van der Waals surface area contributed by atoms with Crippen molar-refractivity contribution in [2.24, 2.45) is 0 Å². The van der Waals surface area contributed by atoms with Gasteiger partial charge < -0.3 is 15.3 Å². The zero-order valence-electron chi connectivity index (χ0n) is 10.7. The molecule has 1 aliphatic heterocycles. The summed E-state index contributed by atoms with van der Waals surface area (Å²) in [6.07, 6.45) is 0.452. The number of rotatable bonds is 3. The lowest BCUT2D eigenvalue weighted by atomic mass is 10.1. The second-order valence-electron chi connectivity index (χ2n) is 4.53. The summed E-state index contributed by atoms with van der Waals surface area (Å²) in [5.74, 6) is -1.24. The standard InChI is InChI=1S/C12H13N3O5/c1-14-5-4-9(12(14)18)13-11(17)8-6-7(16)2-3-10(8)15(19)20/h2-3,6,9,16H,4-5H2,1H3,(H,13,17). The molecule has 1 aromatic carbocycles. The summed E-state index contributed by atoms with van der Waals surface area (Å²) in [6.45, 7) is 0.520. The quantitative estimate of drug-likeness (QED) is 0.608. The highest BCUT2D eigenvalue weighted by molar-refractivity contribution is 6.01. The van der Waals surface area contributed by atoms with Crippen molar-refractivity contribution < 1.29 is 19.6 Å². The van der Waals surface area contributed by atoms with E-state index in [9.17, 15) is 24.8 Å². The average molecular weight is 279 g/mol. The maximum Gasteiger partial charge on any atom is 0.282 e. The first kappa shape index (κ1) is 13.8. The number of nitrogens with one attached hydrogen (secondary N) is 1. The summed E-state index contributed by atoms with van der Waals surface area (Å²) in [7, 11) is 1.62. The first-order valence-corrected chi connectivity index (χ1v) is 5.93. The van der Waals surface area contributed by atoms with Gasteiger partial charge >= 0.3 is 0 Å². The molecule has 20 heavy (non-hydrogen) atoms. The van der Waals surface area contributed by atoms with Gasteiger partial charge in [-0.2, -0.15) is 0 Å². The molecule has 2 amide bonds. The fourth-order valence-electron chi connectivity index (χ4n) is 2.06. The van der Waals surface area contributed by atoms with Crippen LogP contribution in [0, 0.1) is 10.1 Å². The van der Waals surface area contributed by atoms with Gasteiger partial charge in [0.1, 0.15) is 17.4 Å². The topological polar surface area (TPSA) is 113 Å². The molecule has 8 nitrogen and oxygen atoms in total. The van der Waals surface area contributed by atoms with E-state index < -0.39 is 22.6 Å². The van der Waals surface area contributed by atoms with Crippen molar-refractivity contribution in [3.05, 3.63) is 33.9 Å². The number of hydrogen-bond acceptors (Lipinski definition) is 5. The monoisotopic (exact) mass is 279 g/mol. The number of nitrogens with zero attached hydrogens (tertiary/aromatic N) is 2. The Balaban J connectivity index is 2.23. The van der Waals surface area contributed by atoms with Gasteiger partial charge in [0.25, 0.3) is 11.6 Å². The number of phenolic OH excluding ortho intramolecular Hbond substituents is 1. The minimum absolute atomic E-state index is 0.235. The normalized spacial score (nSPS) is 18.1. The lowest BCUT2D eigenvalue weighted by Gasteiger charge is -2.12. The van der Waals surface area contributed by atoms with Crippen LogP contribution in [-0.4, -0.2) is 46.4 Å². The molecule has 2 rings (SSSR count). The highest BCUT2D eigenvalue weighted by Gasteiger charge is 2.32. The van der Waals surface area contributed by atoms with Crippen LogP contribution in [0.25, 0.3) is 0 Å². The Bertz CT molecular complexity index is 586. The van der Waals surface area contributed by atoms with E-state index in [1.807, 2.05) is 0 Å². The molecule has 1 saturated heterocycles. The molecule has 0 saturated carbocycles. The van der Waals surface area contributed by atoms with E-state index in [1.165, 1.54) is 4.90 Å². The molecule has 8 heteroatoms. The Kier molecular flexibility index (Phi) is 3.55. The molecular weight excluding hydrogens is 266 g/mol. The molecular formula is C12H13N3O5. The third-order valence-electron chi connectivity index (χ3n) is 3.15. The minimum Gasteiger partial charge on any atom is -0.508 e. The van der Waals surface area contributed by atoms with Crippen molar-refractivity contribution in [2.75, 3.05) is 13.6 Å². The van der Waals surface area contributed by atoms with Gasteiger partial charge in [0.2, 0.25) is 5.91 Å². The molecule has 1 aromatic rings. The van der Waals surface area contributed by atoms with E-state index in [0.29, 0.717) is 13.0 Å². The number of nitro groups is 1. The van der Waals surface area contributed by atoms with Crippen LogP contribution in [0.2, 0.25) is 0 Å². The summed E-state index contributed by atoms with van der Waals surface area (Å²) in [5.41, 5.74) is -0.684. The van der Waals surface area contributed by atoms with Crippen LogP contribution in [0.5, 0.6) is 5.75 Å². The summed E-state index contributed by atoms with van der Waals surface area (Å²) in [5, 5.41) is 22.7. The predicted molar refractivity (Wildman–Crippen MR) is 68.3 cm³/mol. The molecule has 0 aliphatic carbocycles. The number of carbonyl (C=O) groups excluding carboxylic acids is 2. The molecule has 106 valence electrons. The van der Waals surface area contributed by atoms with Gasteiger partial charge in [-0.25, -0.2) is 0 Å². The smallest absolute Gasteiger partial charge is 0.282 e. The summed E-state index contributed by atoms with van der Waals surface area (Å²) >= 11 is 0. The van der Waals surface area contributed by atoms with E-state index in [-0.39, 0.29) is 17.2 Å². The Morgan fingerprint density at radius 2 is 2.25 bits per heavy atom. The van der Waals surface area contributed by atoms with Crippen molar-refractivity contribution in [3.63, 3.8) is 0 Å². The SMILES string of the molecule is CN1CCC(NC(=O)c2cc(O)ccc2[N+](=O)[O-])C1=O. The Labute approximate surface area is 114 Å². The van der Waals surface area contributed by atoms with Crippen LogP contribution in [-0.2, 0) is 4.79 Å². The van der Waals surface area contributed by atoms with E-state index in [2.05, 4.69) is 5.32 Å². The number of amides is 2. The molecule has 0 radical (unpaired) electrons. The van der Waals surface area contributed by atoms with E-state index in [0.717, 1.165) is 18.2 Å². The molecule has 0 aromatic heterocycles. The van der Waals surface area contributed by atoms with Crippen molar-refractivity contribution in [3.8, 4) is 5.75 Å². The van der Waals surface area contributed by atoms with Crippen LogP contribution >= 0.6 is 0 Å². The first-order chi connectivity index (χ1) is 9.40. The number of nitro benzene ring substituents is 1. The highest BCUT2D eigenvalue weighted by atomic mass is 16.6. The lowest BCUT2D eigenvalue weighted by Crippen LogP contribution is -2.40. The third-order valence-corrected chi connectivity index (χ3v) is 3.15. The van der Waals surface area contributed by atoms with Crippen molar-refractivity contribution in [1.82, 2.24) is 10.2 Å². The van der Waals surface area contributed by atoms with Crippen molar-refractivity contribution in [2.45, 2.75) is 12.5 Å². The maximum absolute atomic E-state index is 12.0. The van der Waals surface area contributed by atoms with Crippen LogP contribution in [0.15, 0.2) is 18.2 Å². The highest BCUT2D eigenvalue weighted by Crippen LogP contribution is 2.23. The number of hydrogen-bond donors (Lipinski definition) is 2. The fraction of sp³-hybridized carbons (Fsp3) is 0.333. The molecule has 1 heterocycles. The summed E-state index contributed by atoms with van der Waals surface area (Å²) in [6, 6.07) is 2.50. The number of aromatic hydroxyl groups is 1.